The molecule has 3 aromatic rings. The molecule has 0 saturated carbocycles. The van der Waals surface area contributed by atoms with Crippen LogP contribution < -0.4 is 15.8 Å². The van der Waals surface area contributed by atoms with Crippen LogP contribution in [-0.2, 0) is 11.4 Å². The summed E-state index contributed by atoms with van der Waals surface area (Å²) in [4.78, 5) is 31.9. The maximum Gasteiger partial charge on any atom is 0.256 e. The zero-order valence-electron chi connectivity index (χ0n) is 14.5. The Morgan fingerprint density at radius 3 is 2.85 bits per heavy atom. The van der Waals surface area contributed by atoms with E-state index in [1.54, 1.807) is 43.7 Å². The van der Waals surface area contributed by atoms with Crippen molar-refractivity contribution in [3.8, 4) is 5.75 Å². The van der Waals surface area contributed by atoms with E-state index in [2.05, 4.69) is 15.3 Å². The summed E-state index contributed by atoms with van der Waals surface area (Å²) in [5, 5.41) is 12.1. The van der Waals surface area contributed by atoms with Gasteiger partial charge in [0.05, 0.1) is 24.1 Å². The standard InChI is InChI=1S/C18H18N4O5/c1-10-16(18(25)22-14(8-23)17(19)24)13-6-12(2-3-15(13)27-10)26-9-11-7-20-4-5-21-11/h2-7,14,23H,8-9H2,1H3,(H2,19,24)(H,22,25). The van der Waals surface area contributed by atoms with Crippen molar-refractivity contribution in [2.45, 2.75) is 19.6 Å². The fourth-order valence-electron chi connectivity index (χ4n) is 2.57. The summed E-state index contributed by atoms with van der Waals surface area (Å²) < 4.78 is 11.3. The number of hydrogen-bond acceptors (Lipinski definition) is 7. The first-order valence-electron chi connectivity index (χ1n) is 8.11. The molecular weight excluding hydrogens is 352 g/mol. The molecule has 27 heavy (non-hydrogen) atoms. The molecule has 0 radical (unpaired) electrons. The van der Waals surface area contributed by atoms with Crippen molar-refractivity contribution < 1.29 is 23.8 Å². The second-order valence-corrected chi connectivity index (χ2v) is 5.79. The highest BCUT2D eigenvalue weighted by Crippen LogP contribution is 2.29. The minimum Gasteiger partial charge on any atom is -0.487 e. The van der Waals surface area contributed by atoms with Gasteiger partial charge in [-0.05, 0) is 25.1 Å². The Hall–Kier alpha value is -3.46. The van der Waals surface area contributed by atoms with Crippen molar-refractivity contribution in [3.05, 3.63) is 53.8 Å². The molecule has 0 aliphatic carbocycles. The SMILES string of the molecule is Cc1oc2ccc(OCc3cnccn3)cc2c1C(=O)NC(CO)C(N)=O. The molecule has 0 saturated heterocycles. The summed E-state index contributed by atoms with van der Waals surface area (Å²) in [5.41, 5.74) is 6.54. The topological polar surface area (TPSA) is 141 Å². The number of aliphatic hydroxyl groups is 1. The fourth-order valence-corrected chi connectivity index (χ4v) is 2.57. The summed E-state index contributed by atoms with van der Waals surface area (Å²) in [6, 6.07) is 3.87. The fraction of sp³-hybridized carbons (Fsp3) is 0.222. The van der Waals surface area contributed by atoms with Crippen molar-refractivity contribution in [3.63, 3.8) is 0 Å². The lowest BCUT2D eigenvalue weighted by atomic mass is 10.1. The van der Waals surface area contributed by atoms with Crippen LogP contribution in [0.1, 0.15) is 21.8 Å². The summed E-state index contributed by atoms with van der Waals surface area (Å²) >= 11 is 0. The van der Waals surface area contributed by atoms with E-state index >= 15 is 0 Å². The number of nitrogens with one attached hydrogen (secondary N) is 1. The average molecular weight is 370 g/mol. The van der Waals surface area contributed by atoms with Gasteiger partial charge in [0.2, 0.25) is 5.91 Å². The number of nitrogens with two attached hydrogens (primary N) is 1. The second kappa shape index (κ2) is 7.83. The summed E-state index contributed by atoms with van der Waals surface area (Å²) in [7, 11) is 0. The highest BCUT2D eigenvalue weighted by Gasteiger charge is 2.23. The minimum atomic E-state index is -1.18. The molecule has 4 N–H and O–H groups in total. The van der Waals surface area contributed by atoms with Crippen LogP contribution in [0.25, 0.3) is 11.0 Å². The molecule has 3 rings (SSSR count). The third kappa shape index (κ3) is 4.04. The largest absolute Gasteiger partial charge is 0.487 e. The first-order chi connectivity index (χ1) is 13.0. The van der Waals surface area contributed by atoms with Crippen LogP contribution in [0.3, 0.4) is 0 Å². The van der Waals surface area contributed by atoms with E-state index < -0.39 is 24.5 Å². The maximum absolute atomic E-state index is 12.6. The first kappa shape index (κ1) is 18.3. The number of amides is 2. The number of aromatic nitrogens is 2. The Morgan fingerprint density at radius 2 is 2.19 bits per heavy atom. The molecule has 1 unspecified atom stereocenters. The van der Waals surface area contributed by atoms with E-state index in [1.807, 2.05) is 0 Å². The molecule has 140 valence electrons. The Balaban J connectivity index is 1.86. The first-order valence-corrected chi connectivity index (χ1v) is 8.11. The maximum atomic E-state index is 12.6. The molecule has 0 aliphatic rings. The van der Waals surface area contributed by atoms with Crippen molar-refractivity contribution in [2.24, 2.45) is 5.73 Å². The molecule has 0 fully saturated rings. The van der Waals surface area contributed by atoms with E-state index in [9.17, 15) is 14.7 Å². The van der Waals surface area contributed by atoms with E-state index in [-0.39, 0.29) is 12.2 Å². The van der Waals surface area contributed by atoms with Crippen molar-refractivity contribution in [1.82, 2.24) is 15.3 Å². The van der Waals surface area contributed by atoms with Gasteiger partial charge in [-0.3, -0.25) is 19.6 Å². The van der Waals surface area contributed by atoms with Crippen LogP contribution in [0.4, 0.5) is 0 Å². The zero-order valence-corrected chi connectivity index (χ0v) is 14.5. The molecule has 0 aliphatic heterocycles. The third-order valence-electron chi connectivity index (χ3n) is 3.90. The predicted molar refractivity (Wildman–Crippen MR) is 94.8 cm³/mol. The Bertz CT molecular complexity index is 971. The molecule has 9 nitrogen and oxygen atoms in total. The van der Waals surface area contributed by atoms with E-state index in [4.69, 9.17) is 14.9 Å². The highest BCUT2D eigenvalue weighted by molar-refractivity contribution is 6.08. The van der Waals surface area contributed by atoms with Crippen molar-refractivity contribution in [1.29, 1.82) is 0 Å². The van der Waals surface area contributed by atoms with Crippen LogP contribution in [0.2, 0.25) is 0 Å². The summed E-state index contributed by atoms with van der Waals surface area (Å²) in [5.74, 6) is -0.522. The molecule has 2 amide bonds. The number of aryl methyl sites for hydroxylation is 1. The number of rotatable bonds is 7. The molecule has 0 spiro atoms. The van der Waals surface area contributed by atoms with E-state index in [0.717, 1.165) is 0 Å². The van der Waals surface area contributed by atoms with Gasteiger partial charge in [-0.15, -0.1) is 0 Å². The summed E-state index contributed by atoms with van der Waals surface area (Å²) in [6.45, 7) is 1.25. The average Bonchev–Trinajstić information content (AvgIpc) is 3.00. The van der Waals surface area contributed by atoms with E-state index in [1.165, 1.54) is 0 Å². The smallest absolute Gasteiger partial charge is 0.256 e. The Kier molecular flexibility index (Phi) is 5.32. The quantitative estimate of drug-likeness (QED) is 0.555. The van der Waals surface area contributed by atoms with Crippen LogP contribution in [0.15, 0.2) is 41.2 Å². The van der Waals surface area contributed by atoms with Gasteiger partial charge in [0.25, 0.3) is 5.91 Å². The van der Waals surface area contributed by atoms with Crippen LogP contribution in [-0.4, -0.2) is 39.5 Å². The highest BCUT2D eigenvalue weighted by atomic mass is 16.5. The van der Waals surface area contributed by atoms with Gasteiger partial charge in [0, 0.05) is 17.8 Å². The van der Waals surface area contributed by atoms with E-state index in [0.29, 0.717) is 28.2 Å². The number of hydrogen-bond donors (Lipinski definition) is 3. The number of carbonyl (C=O) groups is 2. The van der Waals surface area contributed by atoms with Crippen LogP contribution in [0.5, 0.6) is 5.75 Å². The van der Waals surface area contributed by atoms with Crippen molar-refractivity contribution in [2.75, 3.05) is 6.61 Å². The lowest BCUT2D eigenvalue weighted by Gasteiger charge is -2.12. The Morgan fingerprint density at radius 1 is 1.37 bits per heavy atom. The third-order valence-corrected chi connectivity index (χ3v) is 3.90. The molecular formula is C18H18N4O5. The van der Waals surface area contributed by atoms with Gasteiger partial charge in [-0.1, -0.05) is 0 Å². The Labute approximate surface area is 154 Å². The number of benzene rings is 1. The van der Waals surface area contributed by atoms with Gasteiger partial charge < -0.3 is 25.3 Å². The number of carbonyl (C=O) groups excluding carboxylic acids is 2. The number of aliphatic hydroxyl groups excluding tert-OH is 1. The lowest BCUT2D eigenvalue weighted by Crippen LogP contribution is -2.46. The number of ether oxygens (including phenoxy) is 1. The van der Waals surface area contributed by atoms with Gasteiger partial charge in [-0.2, -0.15) is 0 Å². The van der Waals surface area contributed by atoms with Gasteiger partial charge >= 0.3 is 0 Å². The summed E-state index contributed by atoms with van der Waals surface area (Å²) in [6.07, 6.45) is 4.73. The monoisotopic (exact) mass is 370 g/mol. The molecule has 9 heteroatoms. The number of primary amides is 1. The molecule has 1 aromatic carbocycles. The zero-order chi connectivity index (χ0) is 19.4. The minimum absolute atomic E-state index is 0.214. The van der Waals surface area contributed by atoms with Crippen LogP contribution in [0, 0.1) is 6.92 Å². The number of furan rings is 1. The normalized spacial score (nSPS) is 11.9. The molecule has 1 atom stereocenters. The van der Waals surface area contributed by atoms with Crippen LogP contribution >= 0.6 is 0 Å². The number of fused-ring (bicyclic) bond motifs is 1. The molecule has 0 bridgehead atoms. The number of nitrogens with zero attached hydrogens (tertiary/aromatic N) is 2. The van der Waals surface area contributed by atoms with Gasteiger partial charge in [0.1, 0.15) is 29.7 Å². The second-order valence-electron chi connectivity index (χ2n) is 5.79. The van der Waals surface area contributed by atoms with Crippen molar-refractivity contribution >= 4 is 22.8 Å². The molecule has 2 heterocycles. The lowest BCUT2D eigenvalue weighted by molar-refractivity contribution is -0.120. The molecule has 2 aromatic heterocycles. The van der Waals surface area contributed by atoms with Gasteiger partial charge in [-0.25, -0.2) is 0 Å². The predicted octanol–water partition coefficient (Wildman–Crippen LogP) is 0.686. The van der Waals surface area contributed by atoms with Gasteiger partial charge in [0.15, 0.2) is 0 Å².